The molecule has 0 aliphatic carbocycles. The number of aromatic nitrogens is 2. The summed E-state index contributed by atoms with van der Waals surface area (Å²) < 4.78 is 0. The van der Waals surface area contributed by atoms with Crippen LogP contribution >= 0.6 is 11.3 Å². The molecule has 2 fully saturated rings. The molecule has 2 aromatic rings. The van der Waals surface area contributed by atoms with E-state index in [2.05, 4.69) is 44.9 Å². The number of nitrogens with one attached hydrogen (secondary N) is 2. The molecule has 2 N–H and O–H groups in total. The summed E-state index contributed by atoms with van der Waals surface area (Å²) in [4.78, 5) is 15.0. The number of benzene rings is 1. The van der Waals surface area contributed by atoms with Crippen LogP contribution in [-0.2, 0) is 0 Å². The van der Waals surface area contributed by atoms with Crippen molar-refractivity contribution in [3.05, 3.63) is 39.8 Å². The number of likely N-dealkylation sites (tertiary alicyclic amines) is 1. The molecule has 0 saturated carbocycles. The first kappa shape index (κ1) is 18.5. The van der Waals surface area contributed by atoms with Crippen molar-refractivity contribution in [1.82, 2.24) is 20.4 Å². The van der Waals surface area contributed by atoms with E-state index in [9.17, 15) is 4.79 Å². The normalized spacial score (nSPS) is 19.9. The van der Waals surface area contributed by atoms with Crippen molar-refractivity contribution in [1.29, 1.82) is 0 Å². The third-order valence-electron chi connectivity index (χ3n) is 5.66. The van der Waals surface area contributed by atoms with Gasteiger partial charge in [-0.1, -0.05) is 23.5 Å². The molecule has 6 nitrogen and oxygen atoms in total. The van der Waals surface area contributed by atoms with E-state index in [0.29, 0.717) is 16.8 Å². The van der Waals surface area contributed by atoms with Crippen molar-refractivity contribution >= 4 is 22.9 Å². The minimum Gasteiger partial charge on any atom is -0.320 e. The monoisotopic (exact) mass is 385 g/mol. The van der Waals surface area contributed by atoms with Crippen molar-refractivity contribution in [2.24, 2.45) is 0 Å². The molecule has 7 heteroatoms. The summed E-state index contributed by atoms with van der Waals surface area (Å²) in [6.45, 7) is 4.28. The molecule has 144 valence electrons. The molecule has 0 unspecified atom stereocenters. The van der Waals surface area contributed by atoms with E-state index in [1.165, 1.54) is 29.7 Å². The Labute approximate surface area is 164 Å². The SMILES string of the molecule is CN1CCC(c2cccc(NC(=O)c3nnc(C4CCNCC4)s3)c2)CC1. The van der Waals surface area contributed by atoms with Gasteiger partial charge < -0.3 is 15.5 Å². The Hall–Kier alpha value is -1.83. The maximum Gasteiger partial charge on any atom is 0.286 e. The quantitative estimate of drug-likeness (QED) is 0.846. The number of hydrogen-bond donors (Lipinski definition) is 2. The lowest BCUT2D eigenvalue weighted by Crippen LogP contribution is -2.29. The van der Waals surface area contributed by atoms with Crippen LogP contribution in [0.25, 0.3) is 0 Å². The zero-order valence-corrected chi connectivity index (χ0v) is 16.6. The van der Waals surface area contributed by atoms with Crippen LogP contribution in [0.3, 0.4) is 0 Å². The van der Waals surface area contributed by atoms with Crippen LogP contribution in [0.4, 0.5) is 5.69 Å². The van der Waals surface area contributed by atoms with Crippen LogP contribution in [0.2, 0.25) is 0 Å². The topological polar surface area (TPSA) is 70.2 Å². The molecule has 3 heterocycles. The van der Waals surface area contributed by atoms with Crippen molar-refractivity contribution in [2.45, 2.75) is 37.5 Å². The molecular formula is C20H27N5OS. The Morgan fingerprint density at radius 1 is 1.15 bits per heavy atom. The first-order valence-corrected chi connectivity index (χ1v) is 10.6. The molecule has 0 radical (unpaired) electrons. The zero-order chi connectivity index (χ0) is 18.6. The van der Waals surface area contributed by atoms with E-state index in [1.807, 2.05) is 12.1 Å². The highest BCUT2D eigenvalue weighted by atomic mass is 32.1. The number of nitrogens with zero attached hydrogens (tertiary/aromatic N) is 3. The van der Waals surface area contributed by atoms with Crippen LogP contribution in [0.15, 0.2) is 24.3 Å². The van der Waals surface area contributed by atoms with Gasteiger partial charge in [0.2, 0.25) is 5.01 Å². The zero-order valence-electron chi connectivity index (χ0n) is 15.8. The predicted molar refractivity (Wildman–Crippen MR) is 109 cm³/mol. The van der Waals surface area contributed by atoms with Gasteiger partial charge in [-0.05, 0) is 82.5 Å². The van der Waals surface area contributed by atoms with E-state index in [0.717, 1.165) is 49.7 Å². The van der Waals surface area contributed by atoms with E-state index in [-0.39, 0.29) is 5.91 Å². The van der Waals surface area contributed by atoms with Crippen LogP contribution in [0.5, 0.6) is 0 Å². The molecule has 2 aliphatic rings. The van der Waals surface area contributed by atoms with Crippen molar-refractivity contribution < 1.29 is 4.79 Å². The highest BCUT2D eigenvalue weighted by Gasteiger charge is 2.22. The highest BCUT2D eigenvalue weighted by molar-refractivity contribution is 7.13. The lowest BCUT2D eigenvalue weighted by molar-refractivity contribution is 0.102. The lowest BCUT2D eigenvalue weighted by Gasteiger charge is -2.29. The second-order valence-corrected chi connectivity index (χ2v) is 8.64. The standard InChI is InChI=1S/C20H27N5OS/c1-25-11-7-14(8-12-25)16-3-2-4-17(13-16)22-18(26)20-24-23-19(27-20)15-5-9-21-10-6-15/h2-4,13-15,21H,5-12H2,1H3,(H,22,26). The van der Waals surface area contributed by atoms with Crippen LogP contribution in [-0.4, -0.2) is 54.2 Å². The number of piperidine rings is 2. The molecule has 1 aromatic carbocycles. The van der Waals surface area contributed by atoms with Gasteiger partial charge in [0, 0.05) is 11.6 Å². The third-order valence-corrected chi connectivity index (χ3v) is 6.74. The second-order valence-electron chi connectivity index (χ2n) is 7.63. The minimum atomic E-state index is -0.159. The first-order chi connectivity index (χ1) is 13.2. The van der Waals surface area contributed by atoms with Gasteiger partial charge in [0.15, 0.2) is 0 Å². The number of anilines is 1. The van der Waals surface area contributed by atoms with Gasteiger partial charge in [0.25, 0.3) is 5.91 Å². The molecule has 4 rings (SSSR count). The summed E-state index contributed by atoms with van der Waals surface area (Å²) in [6, 6.07) is 8.27. The average Bonchev–Trinajstić information content (AvgIpc) is 3.20. The Morgan fingerprint density at radius 2 is 1.93 bits per heavy atom. The summed E-state index contributed by atoms with van der Waals surface area (Å²) in [5.41, 5.74) is 2.16. The summed E-state index contributed by atoms with van der Waals surface area (Å²) in [7, 11) is 2.17. The summed E-state index contributed by atoms with van der Waals surface area (Å²) in [5, 5.41) is 16.2. The molecule has 1 aromatic heterocycles. The van der Waals surface area contributed by atoms with E-state index in [1.54, 1.807) is 0 Å². The number of rotatable bonds is 4. The van der Waals surface area contributed by atoms with Gasteiger partial charge in [0.1, 0.15) is 5.01 Å². The molecule has 0 spiro atoms. The van der Waals surface area contributed by atoms with Gasteiger partial charge in [-0.2, -0.15) is 0 Å². The smallest absolute Gasteiger partial charge is 0.286 e. The maximum absolute atomic E-state index is 12.6. The van der Waals surface area contributed by atoms with Crippen LogP contribution in [0, 0.1) is 0 Å². The number of carbonyl (C=O) groups excluding carboxylic acids is 1. The maximum atomic E-state index is 12.6. The summed E-state index contributed by atoms with van der Waals surface area (Å²) in [5.74, 6) is 0.845. The predicted octanol–water partition coefficient (Wildman–Crippen LogP) is 3.07. The van der Waals surface area contributed by atoms with Gasteiger partial charge in [-0.3, -0.25) is 4.79 Å². The number of carbonyl (C=O) groups is 1. The van der Waals surface area contributed by atoms with Crippen LogP contribution in [0.1, 0.15) is 57.9 Å². The second kappa shape index (κ2) is 8.46. The summed E-state index contributed by atoms with van der Waals surface area (Å²) >= 11 is 1.43. The molecular weight excluding hydrogens is 358 g/mol. The molecule has 2 saturated heterocycles. The van der Waals surface area contributed by atoms with Crippen LogP contribution < -0.4 is 10.6 Å². The summed E-state index contributed by atoms with van der Waals surface area (Å²) in [6.07, 6.45) is 4.47. The number of hydrogen-bond acceptors (Lipinski definition) is 6. The molecule has 27 heavy (non-hydrogen) atoms. The average molecular weight is 386 g/mol. The Bertz CT molecular complexity index is 778. The van der Waals surface area contributed by atoms with Gasteiger partial charge in [-0.15, -0.1) is 10.2 Å². The van der Waals surface area contributed by atoms with Gasteiger partial charge >= 0.3 is 0 Å². The highest BCUT2D eigenvalue weighted by Crippen LogP contribution is 2.30. The fraction of sp³-hybridized carbons (Fsp3) is 0.550. The molecule has 2 aliphatic heterocycles. The Balaban J connectivity index is 1.41. The van der Waals surface area contributed by atoms with E-state index < -0.39 is 0 Å². The molecule has 0 atom stereocenters. The largest absolute Gasteiger partial charge is 0.320 e. The first-order valence-electron chi connectivity index (χ1n) is 9.83. The Kier molecular flexibility index (Phi) is 5.80. The van der Waals surface area contributed by atoms with Crippen molar-refractivity contribution in [2.75, 3.05) is 38.5 Å². The van der Waals surface area contributed by atoms with Gasteiger partial charge in [-0.25, -0.2) is 0 Å². The van der Waals surface area contributed by atoms with E-state index >= 15 is 0 Å². The third kappa shape index (κ3) is 4.54. The lowest BCUT2D eigenvalue weighted by atomic mass is 9.89. The molecule has 1 amide bonds. The molecule has 0 bridgehead atoms. The van der Waals surface area contributed by atoms with Gasteiger partial charge in [0.05, 0.1) is 0 Å². The fourth-order valence-electron chi connectivity index (χ4n) is 3.96. The van der Waals surface area contributed by atoms with Crippen molar-refractivity contribution in [3.8, 4) is 0 Å². The number of amides is 1. The fourth-order valence-corrected chi connectivity index (χ4v) is 4.86. The minimum absolute atomic E-state index is 0.159. The van der Waals surface area contributed by atoms with E-state index in [4.69, 9.17) is 0 Å². The van der Waals surface area contributed by atoms with Crippen molar-refractivity contribution in [3.63, 3.8) is 0 Å². The Morgan fingerprint density at radius 3 is 2.70 bits per heavy atom.